The van der Waals surface area contributed by atoms with Crippen molar-refractivity contribution in [2.75, 3.05) is 5.75 Å². The highest BCUT2D eigenvalue weighted by Gasteiger charge is 2.09. The van der Waals surface area contributed by atoms with Crippen molar-refractivity contribution in [2.45, 2.75) is 51.0 Å². The van der Waals surface area contributed by atoms with E-state index in [0.717, 1.165) is 23.2 Å². The largest absolute Gasteiger partial charge is 0.327 e. The minimum absolute atomic E-state index is 0.266. The first-order valence-electron chi connectivity index (χ1n) is 6.73. The SMILES string of the molecule is CCC(C)CSc1ccc(Br)cc1CC(N)CC. The fourth-order valence-electron chi connectivity index (χ4n) is 1.63. The van der Waals surface area contributed by atoms with Crippen LogP contribution in [-0.4, -0.2) is 11.8 Å². The molecular formula is C15H24BrNS. The van der Waals surface area contributed by atoms with Crippen molar-refractivity contribution < 1.29 is 0 Å². The van der Waals surface area contributed by atoms with Gasteiger partial charge in [0.25, 0.3) is 0 Å². The Kier molecular flexibility index (Phi) is 7.35. The second-order valence-electron chi connectivity index (χ2n) is 4.95. The molecule has 0 aliphatic carbocycles. The minimum Gasteiger partial charge on any atom is -0.327 e. The molecule has 0 spiro atoms. The van der Waals surface area contributed by atoms with Crippen LogP contribution in [0.25, 0.3) is 0 Å². The van der Waals surface area contributed by atoms with Crippen LogP contribution in [0, 0.1) is 5.92 Å². The van der Waals surface area contributed by atoms with Gasteiger partial charge in [0, 0.05) is 21.2 Å². The molecule has 0 radical (unpaired) electrons. The molecule has 0 saturated carbocycles. The molecule has 18 heavy (non-hydrogen) atoms. The average Bonchev–Trinajstić information content (AvgIpc) is 2.37. The van der Waals surface area contributed by atoms with Crippen molar-refractivity contribution in [1.82, 2.24) is 0 Å². The molecule has 2 N–H and O–H groups in total. The van der Waals surface area contributed by atoms with Crippen LogP contribution in [-0.2, 0) is 6.42 Å². The summed E-state index contributed by atoms with van der Waals surface area (Å²) in [6, 6.07) is 6.82. The van der Waals surface area contributed by atoms with Gasteiger partial charge in [0.05, 0.1) is 0 Å². The zero-order valence-electron chi connectivity index (χ0n) is 11.6. The smallest absolute Gasteiger partial charge is 0.0178 e. The van der Waals surface area contributed by atoms with E-state index in [1.165, 1.54) is 22.6 Å². The lowest BCUT2D eigenvalue weighted by molar-refractivity contribution is 0.633. The van der Waals surface area contributed by atoms with Crippen molar-refractivity contribution in [1.29, 1.82) is 0 Å². The maximum absolute atomic E-state index is 6.08. The monoisotopic (exact) mass is 329 g/mol. The zero-order chi connectivity index (χ0) is 13.5. The number of benzene rings is 1. The summed E-state index contributed by atoms with van der Waals surface area (Å²) in [7, 11) is 0. The third-order valence-corrected chi connectivity index (χ3v) is 5.19. The summed E-state index contributed by atoms with van der Waals surface area (Å²) >= 11 is 5.52. The molecule has 1 aromatic carbocycles. The Morgan fingerprint density at radius 3 is 2.61 bits per heavy atom. The lowest BCUT2D eigenvalue weighted by Gasteiger charge is -2.15. The van der Waals surface area contributed by atoms with Gasteiger partial charge in [-0.15, -0.1) is 11.8 Å². The molecule has 2 unspecified atom stereocenters. The van der Waals surface area contributed by atoms with Gasteiger partial charge in [-0.25, -0.2) is 0 Å². The number of nitrogens with two attached hydrogens (primary N) is 1. The highest BCUT2D eigenvalue weighted by Crippen LogP contribution is 2.29. The summed E-state index contributed by atoms with van der Waals surface area (Å²) in [6.07, 6.45) is 3.24. The Bertz CT molecular complexity index is 368. The number of halogens is 1. The van der Waals surface area contributed by atoms with E-state index in [1.807, 2.05) is 11.8 Å². The Morgan fingerprint density at radius 2 is 2.00 bits per heavy atom. The Morgan fingerprint density at radius 1 is 1.28 bits per heavy atom. The van der Waals surface area contributed by atoms with E-state index < -0.39 is 0 Å². The summed E-state index contributed by atoms with van der Waals surface area (Å²) in [5.41, 5.74) is 7.46. The maximum atomic E-state index is 6.08. The van der Waals surface area contributed by atoms with Crippen LogP contribution in [0.15, 0.2) is 27.6 Å². The normalized spacial score (nSPS) is 14.5. The van der Waals surface area contributed by atoms with Gasteiger partial charge in [0.1, 0.15) is 0 Å². The molecular weight excluding hydrogens is 306 g/mol. The zero-order valence-corrected chi connectivity index (χ0v) is 14.0. The van der Waals surface area contributed by atoms with Gasteiger partial charge in [-0.2, -0.15) is 0 Å². The summed E-state index contributed by atoms with van der Waals surface area (Å²) in [6.45, 7) is 6.71. The second-order valence-corrected chi connectivity index (χ2v) is 6.93. The van der Waals surface area contributed by atoms with E-state index in [2.05, 4.69) is 54.9 Å². The highest BCUT2D eigenvalue weighted by atomic mass is 79.9. The Hall–Kier alpha value is 0.01000. The number of hydrogen-bond acceptors (Lipinski definition) is 2. The fourth-order valence-corrected chi connectivity index (χ4v) is 3.23. The number of hydrogen-bond donors (Lipinski definition) is 1. The molecule has 2 atom stereocenters. The van der Waals surface area contributed by atoms with Gasteiger partial charge in [-0.3, -0.25) is 0 Å². The molecule has 0 fully saturated rings. The molecule has 0 bridgehead atoms. The van der Waals surface area contributed by atoms with E-state index >= 15 is 0 Å². The van der Waals surface area contributed by atoms with Gasteiger partial charge >= 0.3 is 0 Å². The first-order valence-corrected chi connectivity index (χ1v) is 8.51. The van der Waals surface area contributed by atoms with Gasteiger partial charge in [0.2, 0.25) is 0 Å². The van der Waals surface area contributed by atoms with Crippen LogP contribution >= 0.6 is 27.7 Å². The maximum Gasteiger partial charge on any atom is 0.0178 e. The van der Waals surface area contributed by atoms with Crippen LogP contribution in [0.2, 0.25) is 0 Å². The molecule has 0 aromatic heterocycles. The molecule has 0 heterocycles. The third-order valence-electron chi connectivity index (χ3n) is 3.25. The molecule has 1 aromatic rings. The van der Waals surface area contributed by atoms with Crippen molar-refractivity contribution in [2.24, 2.45) is 11.7 Å². The van der Waals surface area contributed by atoms with Crippen LogP contribution in [0.4, 0.5) is 0 Å². The van der Waals surface area contributed by atoms with Crippen molar-refractivity contribution in [3.05, 3.63) is 28.2 Å². The van der Waals surface area contributed by atoms with E-state index in [0.29, 0.717) is 0 Å². The first-order chi connectivity index (χ1) is 8.56. The Labute approximate surface area is 124 Å². The molecule has 1 nitrogen and oxygen atoms in total. The lowest BCUT2D eigenvalue weighted by atomic mass is 10.1. The molecule has 0 saturated heterocycles. The highest BCUT2D eigenvalue weighted by molar-refractivity contribution is 9.10. The number of thioether (sulfide) groups is 1. The number of rotatable bonds is 7. The van der Waals surface area contributed by atoms with Crippen molar-refractivity contribution >= 4 is 27.7 Å². The summed E-state index contributed by atoms with van der Waals surface area (Å²) in [4.78, 5) is 1.39. The second kappa shape index (κ2) is 8.23. The lowest BCUT2D eigenvalue weighted by Crippen LogP contribution is -2.21. The predicted molar refractivity (Wildman–Crippen MR) is 86.3 cm³/mol. The molecule has 3 heteroatoms. The van der Waals surface area contributed by atoms with E-state index in [9.17, 15) is 0 Å². The van der Waals surface area contributed by atoms with E-state index in [4.69, 9.17) is 5.73 Å². The van der Waals surface area contributed by atoms with Gasteiger partial charge in [0.15, 0.2) is 0 Å². The molecule has 0 amide bonds. The third kappa shape index (κ3) is 5.33. The summed E-state index contributed by atoms with van der Waals surface area (Å²) < 4.78 is 1.15. The van der Waals surface area contributed by atoms with E-state index in [1.54, 1.807) is 0 Å². The first kappa shape index (κ1) is 16.1. The van der Waals surface area contributed by atoms with E-state index in [-0.39, 0.29) is 6.04 Å². The van der Waals surface area contributed by atoms with Gasteiger partial charge < -0.3 is 5.73 Å². The summed E-state index contributed by atoms with van der Waals surface area (Å²) in [5, 5.41) is 0. The van der Waals surface area contributed by atoms with Gasteiger partial charge in [-0.05, 0) is 42.5 Å². The quantitative estimate of drug-likeness (QED) is 0.722. The van der Waals surface area contributed by atoms with Crippen LogP contribution < -0.4 is 5.73 Å². The standard InChI is InChI=1S/C15H24BrNS/c1-4-11(3)10-18-15-7-6-13(16)8-12(15)9-14(17)5-2/h6-8,11,14H,4-5,9-10,17H2,1-3H3. The molecule has 0 aliphatic heterocycles. The van der Waals surface area contributed by atoms with Gasteiger partial charge in [-0.1, -0.05) is 43.1 Å². The van der Waals surface area contributed by atoms with Crippen LogP contribution in [0.1, 0.15) is 39.2 Å². The fraction of sp³-hybridized carbons (Fsp3) is 0.600. The minimum atomic E-state index is 0.266. The Balaban J connectivity index is 2.76. The van der Waals surface area contributed by atoms with Crippen molar-refractivity contribution in [3.63, 3.8) is 0 Å². The van der Waals surface area contributed by atoms with Crippen molar-refractivity contribution in [3.8, 4) is 0 Å². The van der Waals surface area contributed by atoms with Crippen LogP contribution in [0.3, 0.4) is 0 Å². The van der Waals surface area contributed by atoms with Crippen LogP contribution in [0.5, 0.6) is 0 Å². The average molecular weight is 330 g/mol. The molecule has 102 valence electrons. The molecule has 0 aliphatic rings. The topological polar surface area (TPSA) is 26.0 Å². The predicted octanol–water partition coefficient (Wildman–Crippen LogP) is 4.87. The summed E-state index contributed by atoms with van der Waals surface area (Å²) in [5.74, 6) is 1.96. The molecule has 1 rings (SSSR count).